The number of hydrogen-bond donors (Lipinski definition) is 0. The highest BCUT2D eigenvalue weighted by molar-refractivity contribution is 8.38. The van der Waals surface area contributed by atoms with E-state index in [1.165, 1.54) is 23.5 Å². The van der Waals surface area contributed by atoms with Crippen LogP contribution >= 0.6 is 46.7 Å². The summed E-state index contributed by atoms with van der Waals surface area (Å²) in [7, 11) is 0. The minimum Gasteiger partial charge on any atom is -0.285 e. The van der Waals surface area contributed by atoms with Gasteiger partial charge in [0.25, 0.3) is 0 Å². The fraction of sp³-hybridized carbons (Fsp3) is 0.381. The quantitative estimate of drug-likeness (QED) is 0.0889. The average Bonchev–Trinajstić information content (AvgIpc) is 2.81. The summed E-state index contributed by atoms with van der Waals surface area (Å²) in [6.07, 6.45) is 3.31. The molecule has 0 aliphatic heterocycles. The van der Waals surface area contributed by atoms with Crippen LogP contribution in [-0.2, 0) is 13.1 Å². The highest BCUT2D eigenvalue weighted by atomic mass is 35.5. The molecule has 2 rings (SSSR count). The second-order valence-corrected chi connectivity index (χ2v) is 10.2. The van der Waals surface area contributed by atoms with Gasteiger partial charge in [-0.2, -0.15) is 10.5 Å². The zero-order chi connectivity index (χ0) is 25.5. The monoisotopic (exact) mass is 552 g/mol. The number of halogens is 2. The summed E-state index contributed by atoms with van der Waals surface area (Å²) >= 11 is 14.2. The number of aromatic nitrogens is 2. The Morgan fingerprint density at radius 2 is 1.40 bits per heavy atom. The second kappa shape index (κ2) is 16.3. The highest BCUT2D eigenvalue weighted by Gasteiger charge is 2.13. The van der Waals surface area contributed by atoms with Crippen LogP contribution in [0.2, 0.25) is 10.3 Å². The zero-order valence-electron chi connectivity index (χ0n) is 18.6. The number of rotatable bonds is 13. The Labute approximate surface area is 222 Å². The molecule has 0 radical (unpaired) electrons. The van der Waals surface area contributed by atoms with Crippen LogP contribution in [0.4, 0.5) is 0 Å². The zero-order valence-corrected chi connectivity index (χ0v) is 21.7. The summed E-state index contributed by atoms with van der Waals surface area (Å²) < 4.78 is 0.324. The Morgan fingerprint density at radius 3 is 1.74 bits per heavy atom. The van der Waals surface area contributed by atoms with E-state index < -0.39 is 5.03 Å². The van der Waals surface area contributed by atoms with Crippen LogP contribution in [0.5, 0.6) is 0 Å². The molecule has 0 aromatic carbocycles. The van der Waals surface area contributed by atoms with Gasteiger partial charge in [-0.05, 0) is 23.3 Å². The average molecular weight is 554 g/mol. The Morgan fingerprint density at radius 1 is 0.943 bits per heavy atom. The normalized spacial score (nSPS) is 10.7. The van der Waals surface area contributed by atoms with Crippen molar-refractivity contribution in [2.24, 2.45) is 5.10 Å². The number of pyridine rings is 2. The van der Waals surface area contributed by atoms with E-state index in [1.54, 1.807) is 24.5 Å². The first kappa shape index (κ1) is 28.8. The van der Waals surface area contributed by atoms with Crippen molar-refractivity contribution in [3.05, 3.63) is 68.2 Å². The topological polar surface area (TPSA) is 135 Å². The Kier molecular flexibility index (Phi) is 13.4. The van der Waals surface area contributed by atoms with Crippen LogP contribution in [0.25, 0.3) is 0 Å². The fourth-order valence-corrected chi connectivity index (χ4v) is 5.19. The van der Waals surface area contributed by atoms with Crippen molar-refractivity contribution in [1.29, 1.82) is 10.5 Å². The predicted molar refractivity (Wildman–Crippen MR) is 140 cm³/mol. The van der Waals surface area contributed by atoms with Gasteiger partial charge in [0.1, 0.15) is 10.3 Å². The summed E-state index contributed by atoms with van der Waals surface area (Å²) in [5.74, 6) is 1.03. The van der Waals surface area contributed by atoms with E-state index in [0.717, 1.165) is 11.1 Å². The smallest absolute Gasteiger partial charge is 0.203 e. The molecule has 184 valence electrons. The second-order valence-electron chi connectivity index (χ2n) is 7.02. The molecule has 10 nitrogen and oxygen atoms in total. The van der Waals surface area contributed by atoms with Gasteiger partial charge in [0.2, 0.25) is 4.38 Å². The first-order valence-electron chi connectivity index (χ1n) is 10.3. The van der Waals surface area contributed by atoms with E-state index in [9.17, 15) is 10.1 Å². The molecule has 0 N–H and O–H groups in total. The highest BCUT2D eigenvalue weighted by Crippen LogP contribution is 2.19. The maximum atomic E-state index is 11.0. The van der Waals surface area contributed by atoms with Gasteiger partial charge in [0.05, 0.1) is 30.3 Å². The molecule has 0 atom stereocenters. The van der Waals surface area contributed by atoms with E-state index in [1.807, 2.05) is 21.9 Å². The largest absolute Gasteiger partial charge is 0.285 e. The van der Waals surface area contributed by atoms with Gasteiger partial charge in [-0.25, -0.2) is 20.1 Å². The van der Waals surface area contributed by atoms with Crippen LogP contribution in [-0.4, -0.2) is 66.9 Å². The molecule has 0 aliphatic carbocycles. The standard InChI is InChI=1S/C21H22Cl2N8O2S2/c22-19-3-1-17(13-26-19)15-29(7-5-24)9-11-34-21(28-31(32)33)35-12-10-30(8-6-25)16-18-2-4-20(23)27-14-18/h1-4,13-14H,7-12,15-16H2. The number of nitro groups is 1. The Bertz CT molecular complexity index is 983. The molecule has 0 spiro atoms. The summed E-state index contributed by atoms with van der Waals surface area (Å²) in [6, 6.07) is 11.3. The maximum absolute atomic E-state index is 11.0. The van der Waals surface area contributed by atoms with E-state index >= 15 is 0 Å². The minimum absolute atomic E-state index is 0.209. The number of hydrogen-bond acceptors (Lipinski definition) is 10. The van der Waals surface area contributed by atoms with E-state index in [2.05, 4.69) is 27.2 Å². The minimum atomic E-state index is -0.714. The molecule has 0 fully saturated rings. The molecule has 2 aromatic heterocycles. The molecule has 0 saturated carbocycles. The van der Waals surface area contributed by atoms with Crippen molar-refractivity contribution in [3.8, 4) is 12.1 Å². The third kappa shape index (κ3) is 12.2. The molecule has 0 amide bonds. The van der Waals surface area contributed by atoms with E-state index in [-0.39, 0.29) is 13.1 Å². The Balaban J connectivity index is 1.86. The summed E-state index contributed by atoms with van der Waals surface area (Å²) in [6.45, 7) is 2.50. The van der Waals surface area contributed by atoms with Gasteiger partial charge in [-0.1, -0.05) is 58.9 Å². The van der Waals surface area contributed by atoms with Crippen molar-refractivity contribution in [2.75, 3.05) is 37.7 Å². The number of thioether (sulfide) groups is 2. The lowest BCUT2D eigenvalue weighted by molar-refractivity contribution is -0.484. The van der Waals surface area contributed by atoms with Crippen LogP contribution in [0.3, 0.4) is 0 Å². The van der Waals surface area contributed by atoms with Crippen LogP contribution in [0.15, 0.2) is 41.8 Å². The molecular weight excluding hydrogens is 531 g/mol. The first-order valence-corrected chi connectivity index (χ1v) is 13.0. The van der Waals surface area contributed by atoms with E-state index in [4.69, 9.17) is 33.7 Å². The summed E-state index contributed by atoms with van der Waals surface area (Å²) in [5, 5.41) is 32.8. The SMILES string of the molecule is N#CCN(CCSC(=N[N+](=O)[O-])SCCN(CC#N)Cc1ccc(Cl)nc1)Cc1ccc(Cl)nc1. The predicted octanol–water partition coefficient (Wildman–Crippen LogP) is 4.15. The van der Waals surface area contributed by atoms with Crippen molar-refractivity contribution in [1.82, 2.24) is 19.8 Å². The van der Waals surface area contributed by atoms with Crippen LogP contribution in [0, 0.1) is 32.8 Å². The third-order valence-electron chi connectivity index (χ3n) is 4.41. The molecular formula is C21H22Cl2N8O2S2. The van der Waals surface area contributed by atoms with Crippen molar-refractivity contribution in [2.45, 2.75) is 13.1 Å². The third-order valence-corrected chi connectivity index (χ3v) is 6.99. The fourth-order valence-electron chi connectivity index (χ4n) is 2.83. The van der Waals surface area contributed by atoms with Crippen LogP contribution in [0.1, 0.15) is 11.1 Å². The number of nitriles is 2. The molecule has 14 heteroatoms. The van der Waals surface area contributed by atoms with Crippen molar-refractivity contribution >= 4 is 51.1 Å². The maximum Gasteiger partial charge on any atom is 0.203 e. The van der Waals surface area contributed by atoms with Crippen molar-refractivity contribution < 1.29 is 5.03 Å². The van der Waals surface area contributed by atoms with Gasteiger partial charge < -0.3 is 0 Å². The van der Waals surface area contributed by atoms with Gasteiger partial charge in [-0.3, -0.25) is 9.80 Å². The molecule has 2 heterocycles. The van der Waals surface area contributed by atoms with Crippen molar-refractivity contribution in [3.63, 3.8) is 0 Å². The van der Waals surface area contributed by atoms with Gasteiger partial charge >= 0.3 is 0 Å². The van der Waals surface area contributed by atoms with Gasteiger partial charge in [-0.15, -0.1) is 0 Å². The van der Waals surface area contributed by atoms with Gasteiger partial charge in [0, 0.05) is 50.1 Å². The molecule has 35 heavy (non-hydrogen) atoms. The van der Waals surface area contributed by atoms with E-state index in [0.29, 0.717) is 52.4 Å². The lowest BCUT2D eigenvalue weighted by atomic mass is 10.2. The summed E-state index contributed by atoms with van der Waals surface area (Å²) in [4.78, 5) is 22.9. The molecule has 0 saturated heterocycles. The van der Waals surface area contributed by atoms with Gasteiger partial charge in [0.15, 0.2) is 5.03 Å². The number of nitrogens with zero attached hydrogens (tertiary/aromatic N) is 8. The number of hydrazone groups is 1. The Hall–Kier alpha value is -2.45. The molecule has 0 unspecified atom stereocenters. The van der Waals surface area contributed by atoms with Crippen LogP contribution < -0.4 is 0 Å². The molecule has 2 aromatic rings. The first-order chi connectivity index (χ1) is 16.9. The molecule has 0 bridgehead atoms. The lowest BCUT2D eigenvalue weighted by Crippen LogP contribution is -2.27. The lowest BCUT2D eigenvalue weighted by Gasteiger charge is -2.19. The summed E-state index contributed by atoms with van der Waals surface area (Å²) in [5.41, 5.74) is 1.83. The molecule has 0 aliphatic rings.